The topological polar surface area (TPSA) is 90.5 Å². The van der Waals surface area contributed by atoms with Crippen molar-refractivity contribution < 1.29 is 14.6 Å². The van der Waals surface area contributed by atoms with Gasteiger partial charge in [-0.2, -0.15) is 0 Å². The zero-order chi connectivity index (χ0) is 12.0. The first-order chi connectivity index (χ1) is 7.69. The molecule has 0 aromatic carbocycles. The quantitative estimate of drug-likeness (QED) is 0.657. The first kappa shape index (κ1) is 13.0. The van der Waals surface area contributed by atoms with E-state index >= 15 is 0 Å². The number of aliphatic hydroxyl groups excluding tert-OH is 1. The van der Waals surface area contributed by atoms with E-state index in [1.54, 1.807) is 18.6 Å². The number of methoxy groups -OCH3 is 2. The van der Waals surface area contributed by atoms with Gasteiger partial charge in [0.15, 0.2) is 6.29 Å². The Kier molecular flexibility index (Phi) is 5.27. The second-order valence-electron chi connectivity index (χ2n) is 3.38. The Morgan fingerprint density at radius 3 is 2.56 bits per heavy atom. The van der Waals surface area contributed by atoms with Crippen LogP contribution in [0.3, 0.4) is 0 Å². The Bertz CT molecular complexity index is 293. The van der Waals surface area contributed by atoms with Crippen LogP contribution in [0.5, 0.6) is 0 Å². The van der Waals surface area contributed by atoms with Gasteiger partial charge >= 0.3 is 0 Å². The van der Waals surface area contributed by atoms with Crippen LogP contribution in [0.2, 0.25) is 0 Å². The molecule has 0 spiro atoms. The molecule has 0 amide bonds. The van der Waals surface area contributed by atoms with Crippen LogP contribution in [0.15, 0.2) is 18.6 Å². The summed E-state index contributed by atoms with van der Waals surface area (Å²) in [6, 6.07) is -0.392. The molecule has 0 saturated carbocycles. The summed E-state index contributed by atoms with van der Waals surface area (Å²) < 4.78 is 9.87. The van der Waals surface area contributed by atoms with E-state index in [1.807, 2.05) is 0 Å². The fourth-order valence-electron chi connectivity index (χ4n) is 1.40. The van der Waals surface area contributed by atoms with E-state index in [9.17, 15) is 5.11 Å². The van der Waals surface area contributed by atoms with Crippen LogP contribution in [-0.2, 0) is 9.47 Å². The molecule has 16 heavy (non-hydrogen) atoms. The molecule has 0 fully saturated rings. The van der Waals surface area contributed by atoms with Gasteiger partial charge in [0, 0.05) is 32.8 Å². The number of hydrogen-bond donors (Lipinski definition) is 2. The van der Waals surface area contributed by atoms with Gasteiger partial charge in [-0.05, 0) is 6.42 Å². The summed E-state index contributed by atoms with van der Waals surface area (Å²) >= 11 is 0. The van der Waals surface area contributed by atoms with E-state index in [2.05, 4.69) is 9.97 Å². The van der Waals surface area contributed by atoms with Gasteiger partial charge in [-0.15, -0.1) is 0 Å². The van der Waals surface area contributed by atoms with E-state index in [0.717, 1.165) is 0 Å². The number of aromatic nitrogens is 2. The number of ether oxygens (including phenoxy) is 2. The van der Waals surface area contributed by atoms with Gasteiger partial charge in [0.1, 0.15) is 6.10 Å². The van der Waals surface area contributed by atoms with Crippen LogP contribution in [0.25, 0.3) is 0 Å². The Hall–Kier alpha value is -1.08. The van der Waals surface area contributed by atoms with Crippen molar-refractivity contribution in [1.29, 1.82) is 0 Å². The Labute approximate surface area is 94.4 Å². The number of aliphatic hydroxyl groups is 1. The van der Waals surface area contributed by atoms with Crippen LogP contribution in [0, 0.1) is 0 Å². The normalized spacial score (nSPS) is 15.1. The van der Waals surface area contributed by atoms with Crippen LogP contribution >= 0.6 is 0 Å². The summed E-state index contributed by atoms with van der Waals surface area (Å²) in [5.41, 5.74) is 6.50. The second-order valence-corrected chi connectivity index (χ2v) is 3.38. The fourth-order valence-corrected chi connectivity index (χ4v) is 1.40. The minimum absolute atomic E-state index is 0.297. The van der Waals surface area contributed by atoms with Crippen molar-refractivity contribution in [2.45, 2.75) is 24.9 Å². The van der Waals surface area contributed by atoms with Crippen molar-refractivity contribution >= 4 is 0 Å². The molecule has 1 rings (SSSR count). The molecule has 6 heteroatoms. The summed E-state index contributed by atoms with van der Waals surface area (Å²) in [7, 11) is 2.93. The third-order valence-corrected chi connectivity index (χ3v) is 2.24. The largest absolute Gasteiger partial charge is 0.388 e. The van der Waals surface area contributed by atoms with E-state index in [-0.39, 0.29) is 0 Å². The highest BCUT2D eigenvalue weighted by atomic mass is 16.7. The number of nitrogens with two attached hydrogens (primary N) is 1. The maximum atomic E-state index is 9.76. The van der Waals surface area contributed by atoms with Gasteiger partial charge in [0.2, 0.25) is 0 Å². The van der Waals surface area contributed by atoms with Crippen LogP contribution in [-0.4, -0.2) is 41.7 Å². The zero-order valence-electron chi connectivity index (χ0n) is 9.41. The fraction of sp³-hybridized carbons (Fsp3) is 0.600. The lowest BCUT2D eigenvalue weighted by Gasteiger charge is -2.22. The van der Waals surface area contributed by atoms with E-state index in [1.165, 1.54) is 14.2 Å². The molecule has 0 aliphatic rings. The molecule has 1 unspecified atom stereocenters. The van der Waals surface area contributed by atoms with Crippen LogP contribution in [0.4, 0.5) is 0 Å². The van der Waals surface area contributed by atoms with E-state index in [0.29, 0.717) is 12.1 Å². The summed E-state index contributed by atoms with van der Waals surface area (Å²) in [5.74, 6) is 0. The van der Waals surface area contributed by atoms with Gasteiger partial charge < -0.3 is 20.3 Å². The average molecular weight is 227 g/mol. The van der Waals surface area contributed by atoms with Crippen molar-refractivity contribution in [2.75, 3.05) is 14.2 Å². The lowest BCUT2D eigenvalue weighted by molar-refractivity contribution is -0.166. The van der Waals surface area contributed by atoms with Crippen molar-refractivity contribution in [2.24, 2.45) is 5.73 Å². The van der Waals surface area contributed by atoms with E-state index in [4.69, 9.17) is 15.2 Å². The SMILES string of the molecule is COC(OC)C(O)C[C@H](N)c1cnccn1. The molecule has 1 aromatic heterocycles. The first-order valence-electron chi connectivity index (χ1n) is 4.94. The molecular weight excluding hydrogens is 210 g/mol. The van der Waals surface area contributed by atoms with Crippen molar-refractivity contribution in [1.82, 2.24) is 9.97 Å². The van der Waals surface area contributed by atoms with Gasteiger partial charge in [-0.1, -0.05) is 0 Å². The smallest absolute Gasteiger partial charge is 0.182 e. The summed E-state index contributed by atoms with van der Waals surface area (Å²) in [6.07, 6.45) is 3.53. The highest BCUT2D eigenvalue weighted by Crippen LogP contribution is 2.15. The first-order valence-corrected chi connectivity index (χ1v) is 4.94. The van der Waals surface area contributed by atoms with Crippen molar-refractivity contribution in [3.8, 4) is 0 Å². The highest BCUT2D eigenvalue weighted by Gasteiger charge is 2.22. The molecule has 3 N–H and O–H groups in total. The predicted molar refractivity (Wildman–Crippen MR) is 57.4 cm³/mol. The monoisotopic (exact) mass is 227 g/mol. The predicted octanol–water partition coefficient (Wildman–Crippen LogP) is -0.154. The van der Waals surface area contributed by atoms with Gasteiger partial charge in [-0.25, -0.2) is 0 Å². The molecule has 6 nitrogen and oxygen atoms in total. The molecular formula is C10H17N3O3. The molecule has 90 valence electrons. The third-order valence-electron chi connectivity index (χ3n) is 2.24. The number of hydrogen-bond acceptors (Lipinski definition) is 6. The van der Waals surface area contributed by atoms with E-state index < -0.39 is 18.4 Å². The number of rotatable bonds is 6. The van der Waals surface area contributed by atoms with Crippen LogP contribution < -0.4 is 5.73 Å². The Morgan fingerprint density at radius 1 is 1.38 bits per heavy atom. The maximum absolute atomic E-state index is 9.76. The molecule has 0 bridgehead atoms. The average Bonchev–Trinajstić information content (AvgIpc) is 2.31. The lowest BCUT2D eigenvalue weighted by atomic mass is 10.1. The molecule has 2 atom stereocenters. The maximum Gasteiger partial charge on any atom is 0.182 e. The van der Waals surface area contributed by atoms with Crippen molar-refractivity contribution in [3.63, 3.8) is 0 Å². The summed E-state index contributed by atoms with van der Waals surface area (Å²) in [4.78, 5) is 7.97. The lowest BCUT2D eigenvalue weighted by Crippen LogP contribution is -2.33. The number of nitrogens with zero attached hydrogens (tertiary/aromatic N) is 2. The summed E-state index contributed by atoms with van der Waals surface area (Å²) in [5, 5.41) is 9.76. The highest BCUT2D eigenvalue weighted by molar-refractivity contribution is 5.01. The minimum Gasteiger partial charge on any atom is -0.388 e. The molecule has 1 aromatic rings. The van der Waals surface area contributed by atoms with Crippen LogP contribution in [0.1, 0.15) is 18.2 Å². The Balaban J connectivity index is 2.54. The summed E-state index contributed by atoms with van der Waals surface area (Å²) in [6.45, 7) is 0. The van der Waals surface area contributed by atoms with Gasteiger partial charge in [-0.3, -0.25) is 9.97 Å². The molecule has 0 radical (unpaired) electrons. The zero-order valence-corrected chi connectivity index (χ0v) is 9.41. The molecule has 1 heterocycles. The standard InChI is InChI=1S/C10H17N3O3/c1-15-10(16-2)9(14)5-7(11)8-6-12-3-4-13-8/h3-4,6-7,9-10,14H,5,11H2,1-2H3/t7-,9?/m0/s1. The van der Waals surface area contributed by atoms with Crippen molar-refractivity contribution in [3.05, 3.63) is 24.3 Å². The Morgan fingerprint density at radius 2 is 2.06 bits per heavy atom. The third kappa shape index (κ3) is 3.49. The minimum atomic E-state index is -0.799. The molecule has 0 aliphatic carbocycles. The van der Waals surface area contributed by atoms with Gasteiger partial charge in [0.25, 0.3) is 0 Å². The molecule has 0 saturated heterocycles. The molecule has 0 aliphatic heterocycles. The second kappa shape index (κ2) is 6.49. The van der Waals surface area contributed by atoms with Gasteiger partial charge in [0.05, 0.1) is 11.7 Å².